The predicted octanol–water partition coefficient (Wildman–Crippen LogP) is 2.06. The molecule has 1 fully saturated rings. The van der Waals surface area contributed by atoms with Gasteiger partial charge < -0.3 is 5.32 Å². The van der Waals surface area contributed by atoms with Crippen LogP contribution in [-0.4, -0.2) is 16.8 Å². The van der Waals surface area contributed by atoms with Crippen LogP contribution in [0, 0.1) is 0 Å². The number of amides is 1. The van der Waals surface area contributed by atoms with Crippen molar-refractivity contribution in [3.05, 3.63) is 0 Å². The predicted molar refractivity (Wildman–Crippen MR) is 50.3 cm³/mol. The Morgan fingerprint density at radius 1 is 1.58 bits per heavy atom. The Bertz CT molecular complexity index is 183. The summed E-state index contributed by atoms with van der Waals surface area (Å²) in [7, 11) is 0. The molecule has 0 heterocycles. The van der Waals surface area contributed by atoms with E-state index in [1.54, 1.807) is 6.92 Å². The summed E-state index contributed by atoms with van der Waals surface area (Å²) in [5.41, 5.74) is -0.175. The van der Waals surface area contributed by atoms with Gasteiger partial charge >= 0.3 is 0 Å². The van der Waals surface area contributed by atoms with E-state index in [1.807, 2.05) is 6.92 Å². The topological polar surface area (TPSA) is 29.1 Å². The summed E-state index contributed by atoms with van der Waals surface area (Å²) in [6, 6.07) is 0. The van der Waals surface area contributed by atoms with Gasteiger partial charge in [-0.1, -0.05) is 12.8 Å². The molecule has 0 radical (unpaired) electrons. The molecule has 70 valence electrons. The molecule has 2 nitrogen and oxygen atoms in total. The first-order chi connectivity index (χ1) is 5.54. The molecule has 1 aliphatic rings. The lowest BCUT2D eigenvalue weighted by molar-refractivity contribution is -0.121. The number of nitrogens with one attached hydrogen (secondary N) is 1. The van der Waals surface area contributed by atoms with Crippen LogP contribution < -0.4 is 5.32 Å². The van der Waals surface area contributed by atoms with Crippen LogP contribution in [-0.2, 0) is 4.79 Å². The van der Waals surface area contributed by atoms with Crippen LogP contribution in [0.2, 0.25) is 0 Å². The summed E-state index contributed by atoms with van der Waals surface area (Å²) in [6.45, 7) is 3.58. The molecule has 0 aromatic rings. The lowest BCUT2D eigenvalue weighted by Gasteiger charge is -2.38. The zero-order valence-electron chi connectivity index (χ0n) is 7.69. The van der Waals surface area contributed by atoms with Crippen LogP contribution in [0.25, 0.3) is 0 Å². The van der Waals surface area contributed by atoms with Crippen molar-refractivity contribution in [2.75, 3.05) is 0 Å². The Morgan fingerprint density at radius 3 is 2.75 bits per heavy atom. The Labute approximate surface area is 78.7 Å². The quantitative estimate of drug-likeness (QED) is 0.629. The summed E-state index contributed by atoms with van der Waals surface area (Å²) in [6.07, 6.45) is 4.36. The molecule has 2 unspecified atom stereocenters. The van der Waals surface area contributed by atoms with Crippen molar-refractivity contribution in [2.24, 2.45) is 0 Å². The standard InChI is InChI=1S/C9H16ClNO/c1-7(12)11-9(2)6-4-3-5-8(9)10/h8H,3-6H2,1-2H3,(H,11,12). The number of alkyl halides is 1. The van der Waals surface area contributed by atoms with Crippen molar-refractivity contribution in [1.82, 2.24) is 5.32 Å². The van der Waals surface area contributed by atoms with Gasteiger partial charge in [-0.25, -0.2) is 0 Å². The van der Waals surface area contributed by atoms with E-state index in [0.29, 0.717) is 0 Å². The SMILES string of the molecule is CC(=O)NC1(C)CCCCC1Cl. The van der Waals surface area contributed by atoms with E-state index in [2.05, 4.69) is 5.32 Å². The van der Waals surface area contributed by atoms with Crippen LogP contribution in [0.15, 0.2) is 0 Å². The molecular formula is C9H16ClNO. The van der Waals surface area contributed by atoms with Gasteiger partial charge in [0.2, 0.25) is 5.91 Å². The minimum atomic E-state index is -0.175. The van der Waals surface area contributed by atoms with Gasteiger partial charge in [0.15, 0.2) is 0 Å². The van der Waals surface area contributed by atoms with E-state index in [1.165, 1.54) is 12.8 Å². The Balaban J connectivity index is 2.59. The van der Waals surface area contributed by atoms with Gasteiger partial charge in [-0.05, 0) is 19.8 Å². The monoisotopic (exact) mass is 189 g/mol. The number of carbonyl (C=O) groups is 1. The molecule has 0 spiro atoms. The largest absolute Gasteiger partial charge is 0.350 e. The van der Waals surface area contributed by atoms with Crippen LogP contribution >= 0.6 is 11.6 Å². The van der Waals surface area contributed by atoms with Gasteiger partial charge in [-0.3, -0.25) is 4.79 Å². The first-order valence-corrected chi connectivity index (χ1v) is 4.91. The van der Waals surface area contributed by atoms with Gasteiger partial charge in [-0.15, -0.1) is 11.6 Å². The second kappa shape index (κ2) is 3.65. The molecule has 0 aliphatic heterocycles. The molecule has 1 aliphatic carbocycles. The summed E-state index contributed by atoms with van der Waals surface area (Å²) in [5, 5.41) is 3.03. The summed E-state index contributed by atoms with van der Waals surface area (Å²) in [5.74, 6) is 0.0186. The maximum atomic E-state index is 10.9. The smallest absolute Gasteiger partial charge is 0.217 e. The van der Waals surface area contributed by atoms with E-state index in [0.717, 1.165) is 12.8 Å². The third-order valence-electron chi connectivity index (χ3n) is 2.56. The highest BCUT2D eigenvalue weighted by Crippen LogP contribution is 2.31. The molecule has 0 saturated heterocycles. The van der Waals surface area contributed by atoms with E-state index in [9.17, 15) is 4.79 Å². The minimum Gasteiger partial charge on any atom is -0.350 e. The molecule has 3 heteroatoms. The van der Waals surface area contributed by atoms with Crippen molar-refractivity contribution in [3.63, 3.8) is 0 Å². The van der Waals surface area contributed by atoms with Crippen LogP contribution in [0.3, 0.4) is 0 Å². The lowest BCUT2D eigenvalue weighted by atomic mass is 9.83. The molecule has 0 bridgehead atoms. The van der Waals surface area contributed by atoms with Gasteiger partial charge in [-0.2, -0.15) is 0 Å². The van der Waals surface area contributed by atoms with Crippen molar-refractivity contribution in [3.8, 4) is 0 Å². The third-order valence-corrected chi connectivity index (χ3v) is 3.26. The van der Waals surface area contributed by atoms with Gasteiger partial charge in [0.05, 0.1) is 10.9 Å². The summed E-state index contributed by atoms with van der Waals surface area (Å²) < 4.78 is 0. The fourth-order valence-electron chi connectivity index (χ4n) is 1.83. The van der Waals surface area contributed by atoms with Gasteiger partial charge in [0.1, 0.15) is 0 Å². The molecule has 1 amide bonds. The average molecular weight is 190 g/mol. The van der Waals surface area contributed by atoms with Crippen molar-refractivity contribution in [1.29, 1.82) is 0 Å². The van der Waals surface area contributed by atoms with Gasteiger partial charge in [0, 0.05) is 6.92 Å². The first-order valence-electron chi connectivity index (χ1n) is 4.47. The number of hydrogen-bond acceptors (Lipinski definition) is 1. The zero-order chi connectivity index (χ0) is 9.19. The second-order valence-electron chi connectivity index (χ2n) is 3.81. The van der Waals surface area contributed by atoms with Crippen LogP contribution in [0.5, 0.6) is 0 Å². The Morgan fingerprint density at radius 2 is 2.25 bits per heavy atom. The zero-order valence-corrected chi connectivity index (χ0v) is 8.45. The third kappa shape index (κ3) is 2.13. The second-order valence-corrected chi connectivity index (χ2v) is 4.34. The molecule has 2 atom stereocenters. The lowest BCUT2D eigenvalue weighted by Crippen LogP contribution is -2.53. The molecule has 1 rings (SSSR count). The fourth-order valence-corrected chi connectivity index (χ4v) is 2.15. The van der Waals surface area contributed by atoms with Crippen molar-refractivity contribution >= 4 is 17.5 Å². The molecule has 0 aromatic heterocycles. The van der Waals surface area contributed by atoms with Crippen molar-refractivity contribution in [2.45, 2.75) is 50.4 Å². The van der Waals surface area contributed by atoms with E-state index < -0.39 is 0 Å². The molecule has 1 N–H and O–H groups in total. The number of hydrogen-bond donors (Lipinski definition) is 1. The van der Waals surface area contributed by atoms with Crippen molar-refractivity contribution < 1.29 is 4.79 Å². The highest BCUT2D eigenvalue weighted by molar-refractivity contribution is 6.21. The summed E-state index contributed by atoms with van der Waals surface area (Å²) in [4.78, 5) is 10.9. The number of rotatable bonds is 1. The number of carbonyl (C=O) groups excluding carboxylic acids is 1. The average Bonchev–Trinajstić information content (AvgIpc) is 1.94. The minimum absolute atomic E-state index is 0.0186. The highest BCUT2D eigenvalue weighted by Gasteiger charge is 2.35. The van der Waals surface area contributed by atoms with Crippen LogP contribution in [0.4, 0.5) is 0 Å². The normalized spacial score (nSPS) is 36.1. The maximum absolute atomic E-state index is 10.9. The Kier molecular flexibility index (Phi) is 2.99. The molecular weight excluding hydrogens is 174 g/mol. The van der Waals surface area contributed by atoms with E-state index in [4.69, 9.17) is 11.6 Å². The Hall–Kier alpha value is -0.240. The molecule has 1 saturated carbocycles. The maximum Gasteiger partial charge on any atom is 0.217 e. The molecule has 12 heavy (non-hydrogen) atoms. The highest BCUT2D eigenvalue weighted by atomic mass is 35.5. The summed E-state index contributed by atoms with van der Waals surface area (Å²) >= 11 is 6.15. The van der Waals surface area contributed by atoms with Crippen LogP contribution in [0.1, 0.15) is 39.5 Å². The van der Waals surface area contributed by atoms with Gasteiger partial charge in [0.25, 0.3) is 0 Å². The van der Waals surface area contributed by atoms with E-state index in [-0.39, 0.29) is 16.8 Å². The fraction of sp³-hybridized carbons (Fsp3) is 0.889. The first kappa shape index (κ1) is 9.85. The molecule has 0 aromatic carbocycles. The van der Waals surface area contributed by atoms with E-state index >= 15 is 0 Å². The number of halogens is 1.